The molecule has 4 aliphatic rings. The molecular weight excluding hydrogens is 787 g/mol. The minimum absolute atomic E-state index is 0.0479. The monoisotopic (exact) mass is 867 g/mol. The number of benzene rings is 4. The Labute approximate surface area is 394 Å². The standard InChI is InChI=1S/C61H79BN2O/c1-37-19-20-39(56(5,6)7)31-48(37)62-52-43-35-46-47(61(17,18)30-29-60(46,15)16)36-51(43)65-54(52)64(42-25-26-44-45(34-42)59(13,14)28-27-58(44,11)12)50-33-40(57(8,9)10)32-49(53(50)62)63-41-23-21-38(22-24-41)55(2,3)4/h21-26,31-36,63H,19-20,27-30H2,1-18H3. The summed E-state index contributed by atoms with van der Waals surface area (Å²) in [7, 11) is 0. The third-order valence-corrected chi connectivity index (χ3v) is 16.7. The number of furan rings is 1. The van der Waals surface area contributed by atoms with Gasteiger partial charge in [0.25, 0.3) is 6.71 Å². The number of nitrogens with zero attached hydrogens (tertiary/aromatic N) is 1. The maximum absolute atomic E-state index is 7.62. The number of anilines is 5. The Morgan fingerprint density at radius 3 is 1.69 bits per heavy atom. The topological polar surface area (TPSA) is 28.4 Å². The lowest BCUT2D eigenvalue weighted by molar-refractivity contribution is 0.332. The molecule has 4 aromatic carbocycles. The van der Waals surface area contributed by atoms with Crippen molar-refractivity contribution >= 4 is 57.2 Å². The maximum atomic E-state index is 7.62. The van der Waals surface area contributed by atoms with Crippen molar-refractivity contribution in [3.05, 3.63) is 123 Å². The third kappa shape index (κ3) is 7.75. The molecule has 3 nitrogen and oxygen atoms in total. The molecule has 5 aromatic rings. The van der Waals surface area contributed by atoms with Gasteiger partial charge in [-0.15, -0.1) is 0 Å². The predicted molar refractivity (Wildman–Crippen MR) is 283 cm³/mol. The van der Waals surface area contributed by atoms with Gasteiger partial charge in [0.2, 0.25) is 5.88 Å². The summed E-state index contributed by atoms with van der Waals surface area (Å²) in [5.41, 5.74) is 21.4. The highest BCUT2D eigenvalue weighted by Gasteiger charge is 2.47. The molecule has 2 heterocycles. The van der Waals surface area contributed by atoms with Crippen LogP contribution in [0.2, 0.25) is 0 Å². The highest BCUT2D eigenvalue weighted by Crippen LogP contribution is 2.52. The van der Waals surface area contributed by atoms with E-state index in [1.807, 2.05) is 0 Å². The van der Waals surface area contributed by atoms with Gasteiger partial charge in [0.1, 0.15) is 5.58 Å². The van der Waals surface area contributed by atoms with Gasteiger partial charge in [0.05, 0.1) is 0 Å². The summed E-state index contributed by atoms with van der Waals surface area (Å²) in [6, 6.07) is 26.6. The van der Waals surface area contributed by atoms with Crippen LogP contribution in [0.5, 0.6) is 0 Å². The zero-order valence-electron chi connectivity index (χ0n) is 43.6. The zero-order valence-corrected chi connectivity index (χ0v) is 43.6. The van der Waals surface area contributed by atoms with Gasteiger partial charge in [-0.1, -0.05) is 159 Å². The van der Waals surface area contributed by atoms with E-state index in [1.165, 1.54) is 89.8 Å². The largest absolute Gasteiger partial charge is 0.440 e. The molecule has 0 atom stereocenters. The van der Waals surface area contributed by atoms with E-state index in [0.717, 1.165) is 49.3 Å². The first kappa shape index (κ1) is 45.7. The van der Waals surface area contributed by atoms with Crippen molar-refractivity contribution in [2.24, 2.45) is 5.41 Å². The molecule has 0 radical (unpaired) electrons. The number of fused-ring (bicyclic) bond motifs is 6. The predicted octanol–water partition coefficient (Wildman–Crippen LogP) is 16.5. The quantitative estimate of drug-likeness (QED) is 0.182. The lowest BCUT2D eigenvalue weighted by Gasteiger charge is -2.43. The molecule has 1 aliphatic heterocycles. The van der Waals surface area contributed by atoms with Crippen LogP contribution < -0.4 is 21.1 Å². The fourth-order valence-electron chi connectivity index (χ4n) is 11.8. The van der Waals surface area contributed by atoms with Gasteiger partial charge in [0.15, 0.2) is 0 Å². The lowest BCUT2D eigenvalue weighted by Crippen LogP contribution is -2.52. The van der Waals surface area contributed by atoms with Crippen molar-refractivity contribution in [2.45, 2.75) is 196 Å². The Kier molecular flexibility index (Phi) is 10.4. The van der Waals surface area contributed by atoms with E-state index in [2.05, 4.69) is 208 Å². The number of nitrogens with one attached hydrogen (secondary N) is 1. The summed E-state index contributed by atoms with van der Waals surface area (Å²) in [4.78, 5) is 2.55. The lowest BCUT2D eigenvalue weighted by atomic mass is 9.33. The van der Waals surface area contributed by atoms with Gasteiger partial charge >= 0.3 is 0 Å². The Hall–Kier alpha value is -4.44. The molecule has 0 fully saturated rings. The van der Waals surface area contributed by atoms with Crippen LogP contribution in [0.15, 0.2) is 93.8 Å². The first-order chi connectivity index (χ1) is 30.0. The van der Waals surface area contributed by atoms with Crippen molar-refractivity contribution in [3.63, 3.8) is 0 Å². The second-order valence-electron chi connectivity index (χ2n) is 26.6. The van der Waals surface area contributed by atoms with E-state index in [4.69, 9.17) is 4.42 Å². The summed E-state index contributed by atoms with van der Waals surface area (Å²) in [6.07, 6.45) is 9.43. The molecule has 1 N–H and O–H groups in total. The summed E-state index contributed by atoms with van der Waals surface area (Å²) < 4.78 is 7.62. The fourth-order valence-corrected chi connectivity index (χ4v) is 11.8. The second kappa shape index (κ2) is 14.8. The van der Waals surface area contributed by atoms with Crippen LogP contribution in [0.4, 0.5) is 28.6 Å². The van der Waals surface area contributed by atoms with E-state index in [1.54, 1.807) is 0 Å². The Balaban J connectivity index is 1.43. The highest BCUT2D eigenvalue weighted by molar-refractivity contribution is 6.96. The summed E-state index contributed by atoms with van der Waals surface area (Å²) in [5.74, 6) is 0.964. The smallest absolute Gasteiger partial charge is 0.254 e. The van der Waals surface area contributed by atoms with Crippen molar-refractivity contribution in [2.75, 3.05) is 10.2 Å². The molecule has 3 aliphatic carbocycles. The second-order valence-corrected chi connectivity index (χ2v) is 26.6. The molecule has 342 valence electrons. The Morgan fingerprint density at radius 1 is 0.569 bits per heavy atom. The maximum Gasteiger partial charge on any atom is 0.254 e. The molecule has 4 heteroatoms. The van der Waals surface area contributed by atoms with Crippen molar-refractivity contribution < 1.29 is 4.42 Å². The third-order valence-electron chi connectivity index (χ3n) is 16.7. The molecule has 0 spiro atoms. The Bertz CT molecular complexity index is 2800. The molecule has 9 rings (SSSR count). The number of hydrogen-bond acceptors (Lipinski definition) is 3. The molecule has 1 aromatic heterocycles. The van der Waals surface area contributed by atoms with Gasteiger partial charge in [-0.05, 0) is 171 Å². The van der Waals surface area contributed by atoms with Crippen molar-refractivity contribution in [1.82, 2.24) is 0 Å². The van der Waals surface area contributed by atoms with E-state index in [9.17, 15) is 0 Å². The van der Waals surface area contributed by atoms with Crippen LogP contribution in [0.3, 0.4) is 0 Å². The van der Waals surface area contributed by atoms with E-state index < -0.39 is 0 Å². The average molecular weight is 867 g/mol. The first-order valence-electron chi connectivity index (χ1n) is 25.0. The normalized spacial score (nSPS) is 19.9. The highest BCUT2D eigenvalue weighted by atomic mass is 16.4. The van der Waals surface area contributed by atoms with Crippen LogP contribution in [-0.2, 0) is 32.5 Å². The van der Waals surface area contributed by atoms with Gasteiger partial charge in [-0.25, -0.2) is 0 Å². The van der Waals surface area contributed by atoms with E-state index in [-0.39, 0.29) is 44.6 Å². The summed E-state index contributed by atoms with van der Waals surface area (Å²) in [6.45, 7) is 43.1. The van der Waals surface area contributed by atoms with Gasteiger partial charge in [0, 0.05) is 33.6 Å². The SMILES string of the molecule is CC1=C(B2c3c(Nc4ccc(C(C)(C)C)cc4)cc(C(C)(C)C)cc3N(c3ccc4c(c3)C(C)(C)CCC4(C)C)c3oc4cc5c(cc4c32)C(C)(C)CCC5(C)C)C=C(C(C)(C)C)CC1. The molecule has 0 unspecified atom stereocenters. The van der Waals surface area contributed by atoms with Crippen LogP contribution in [0.1, 0.15) is 197 Å². The van der Waals surface area contributed by atoms with Crippen LogP contribution >= 0.6 is 0 Å². The minimum atomic E-state index is -0.117. The van der Waals surface area contributed by atoms with Crippen molar-refractivity contribution in [1.29, 1.82) is 0 Å². The number of hydrogen-bond donors (Lipinski definition) is 1. The molecule has 0 amide bonds. The number of allylic oxidation sites excluding steroid dienone is 4. The first-order valence-corrected chi connectivity index (χ1v) is 25.0. The van der Waals surface area contributed by atoms with Crippen molar-refractivity contribution in [3.8, 4) is 0 Å². The van der Waals surface area contributed by atoms with Crippen LogP contribution in [0.25, 0.3) is 11.0 Å². The van der Waals surface area contributed by atoms with E-state index in [0.29, 0.717) is 0 Å². The Morgan fingerprint density at radius 2 is 1.12 bits per heavy atom. The van der Waals surface area contributed by atoms with Gasteiger partial charge < -0.3 is 9.73 Å². The molecular formula is C61H79BN2O. The minimum Gasteiger partial charge on any atom is -0.440 e. The van der Waals surface area contributed by atoms with Crippen LogP contribution in [-0.4, -0.2) is 6.71 Å². The average Bonchev–Trinajstić information content (AvgIpc) is 3.57. The molecule has 65 heavy (non-hydrogen) atoms. The van der Waals surface area contributed by atoms with E-state index >= 15 is 0 Å². The van der Waals surface area contributed by atoms with Gasteiger partial charge in [-0.2, -0.15) is 0 Å². The molecule has 0 saturated carbocycles. The molecule has 0 bridgehead atoms. The number of rotatable bonds is 4. The van der Waals surface area contributed by atoms with Crippen LogP contribution in [0, 0.1) is 5.41 Å². The zero-order chi connectivity index (χ0) is 47.2. The fraction of sp³-hybridized carbons (Fsp3) is 0.508. The molecule has 0 saturated heterocycles. The summed E-state index contributed by atoms with van der Waals surface area (Å²) in [5, 5.41) is 5.39. The van der Waals surface area contributed by atoms with Gasteiger partial charge in [-0.3, -0.25) is 4.90 Å². The summed E-state index contributed by atoms with van der Waals surface area (Å²) >= 11 is 0.